The molecule has 2 aromatic carbocycles. The highest BCUT2D eigenvalue weighted by Crippen LogP contribution is 2.23. The third-order valence-corrected chi connectivity index (χ3v) is 3.50. The van der Waals surface area contributed by atoms with Gasteiger partial charge in [0, 0.05) is 23.8 Å². The number of nitriles is 1. The smallest absolute Gasteiger partial charge is 0.0991 e. The lowest BCUT2D eigenvalue weighted by Gasteiger charge is -2.05. The van der Waals surface area contributed by atoms with Crippen LogP contribution < -0.4 is 0 Å². The van der Waals surface area contributed by atoms with E-state index in [-0.39, 0.29) is 6.61 Å². The first kappa shape index (κ1) is 13.3. The summed E-state index contributed by atoms with van der Waals surface area (Å²) in [4.78, 5) is 4.49. The van der Waals surface area contributed by atoms with E-state index in [2.05, 4.69) is 23.2 Å². The van der Waals surface area contributed by atoms with Crippen molar-refractivity contribution in [3.8, 4) is 17.3 Å². The molecule has 0 fully saturated rings. The molecule has 0 bridgehead atoms. The summed E-state index contributed by atoms with van der Waals surface area (Å²) in [5.74, 6) is 0. The minimum Gasteiger partial charge on any atom is -0.396 e. The SMILES string of the molecule is N#Cc1ccc(-c2cc3ccc(CCO)cc3cn2)cc1. The minimum absolute atomic E-state index is 0.155. The number of pyridine rings is 1. The predicted molar refractivity (Wildman–Crippen MR) is 82.7 cm³/mol. The molecule has 0 atom stereocenters. The van der Waals surface area contributed by atoms with Crippen LogP contribution in [0.25, 0.3) is 22.0 Å². The Morgan fingerprint density at radius 2 is 1.81 bits per heavy atom. The summed E-state index contributed by atoms with van der Waals surface area (Å²) < 4.78 is 0. The number of aliphatic hydroxyl groups is 1. The molecule has 0 amide bonds. The first-order valence-corrected chi connectivity index (χ1v) is 6.80. The molecule has 3 rings (SSSR count). The Kier molecular flexibility index (Phi) is 3.63. The van der Waals surface area contributed by atoms with Gasteiger partial charge in [0.15, 0.2) is 0 Å². The van der Waals surface area contributed by atoms with Gasteiger partial charge in [-0.05, 0) is 41.6 Å². The second kappa shape index (κ2) is 5.74. The summed E-state index contributed by atoms with van der Waals surface area (Å²) >= 11 is 0. The number of hydrogen-bond donors (Lipinski definition) is 1. The predicted octanol–water partition coefficient (Wildman–Crippen LogP) is 3.31. The maximum atomic E-state index is 8.99. The molecule has 0 saturated carbocycles. The highest BCUT2D eigenvalue weighted by atomic mass is 16.2. The van der Waals surface area contributed by atoms with E-state index in [0.717, 1.165) is 27.6 Å². The largest absolute Gasteiger partial charge is 0.396 e. The molecule has 0 spiro atoms. The number of rotatable bonds is 3. The van der Waals surface area contributed by atoms with Gasteiger partial charge in [0.1, 0.15) is 0 Å². The van der Waals surface area contributed by atoms with Crippen LogP contribution in [-0.2, 0) is 6.42 Å². The molecule has 3 heteroatoms. The van der Waals surface area contributed by atoms with Gasteiger partial charge in [-0.3, -0.25) is 4.98 Å². The van der Waals surface area contributed by atoms with Crippen LogP contribution in [0.15, 0.2) is 54.7 Å². The second-order valence-corrected chi connectivity index (χ2v) is 4.91. The molecular weight excluding hydrogens is 260 g/mol. The third kappa shape index (κ3) is 2.76. The Hall–Kier alpha value is -2.70. The number of nitrogens with zero attached hydrogens (tertiary/aromatic N) is 2. The van der Waals surface area contributed by atoms with E-state index in [4.69, 9.17) is 10.4 Å². The molecule has 0 aliphatic carbocycles. The van der Waals surface area contributed by atoms with Crippen molar-refractivity contribution in [3.05, 3.63) is 65.9 Å². The van der Waals surface area contributed by atoms with Crippen LogP contribution in [0.3, 0.4) is 0 Å². The molecular formula is C18H14N2O. The zero-order valence-corrected chi connectivity index (χ0v) is 11.5. The Morgan fingerprint density at radius 1 is 1.00 bits per heavy atom. The van der Waals surface area contributed by atoms with Crippen LogP contribution in [0.4, 0.5) is 0 Å². The van der Waals surface area contributed by atoms with Crippen molar-refractivity contribution in [1.82, 2.24) is 4.98 Å². The topological polar surface area (TPSA) is 56.9 Å². The Labute approximate surface area is 123 Å². The van der Waals surface area contributed by atoms with Crippen molar-refractivity contribution < 1.29 is 5.11 Å². The first-order valence-electron chi connectivity index (χ1n) is 6.80. The molecule has 0 radical (unpaired) electrons. The van der Waals surface area contributed by atoms with Gasteiger partial charge in [0.05, 0.1) is 17.3 Å². The van der Waals surface area contributed by atoms with Crippen molar-refractivity contribution in [2.75, 3.05) is 6.61 Å². The molecule has 0 aliphatic rings. The highest BCUT2D eigenvalue weighted by molar-refractivity contribution is 5.85. The Balaban J connectivity index is 2.00. The molecule has 21 heavy (non-hydrogen) atoms. The zero-order chi connectivity index (χ0) is 14.7. The fourth-order valence-corrected chi connectivity index (χ4v) is 2.35. The normalized spacial score (nSPS) is 10.5. The average molecular weight is 274 g/mol. The van der Waals surface area contributed by atoms with Gasteiger partial charge in [0.2, 0.25) is 0 Å². The van der Waals surface area contributed by atoms with Crippen molar-refractivity contribution in [1.29, 1.82) is 5.26 Å². The van der Waals surface area contributed by atoms with Crippen LogP contribution in [0.5, 0.6) is 0 Å². The lowest BCUT2D eigenvalue weighted by molar-refractivity contribution is 0.299. The van der Waals surface area contributed by atoms with Crippen molar-refractivity contribution in [2.45, 2.75) is 6.42 Å². The lowest BCUT2D eigenvalue weighted by Crippen LogP contribution is -1.91. The van der Waals surface area contributed by atoms with E-state index in [9.17, 15) is 0 Å². The lowest BCUT2D eigenvalue weighted by atomic mass is 10.0. The zero-order valence-electron chi connectivity index (χ0n) is 11.5. The summed E-state index contributed by atoms with van der Waals surface area (Å²) in [6.07, 6.45) is 2.51. The molecule has 0 aliphatic heterocycles. The van der Waals surface area contributed by atoms with Gasteiger partial charge in [0.25, 0.3) is 0 Å². The number of aromatic nitrogens is 1. The van der Waals surface area contributed by atoms with Crippen LogP contribution >= 0.6 is 0 Å². The fraction of sp³-hybridized carbons (Fsp3) is 0.111. The summed E-state index contributed by atoms with van der Waals surface area (Å²) in [7, 11) is 0. The summed E-state index contributed by atoms with van der Waals surface area (Å²) in [6.45, 7) is 0.155. The first-order chi connectivity index (χ1) is 10.3. The molecule has 1 aromatic heterocycles. The van der Waals surface area contributed by atoms with E-state index >= 15 is 0 Å². The quantitative estimate of drug-likeness (QED) is 0.797. The summed E-state index contributed by atoms with van der Waals surface area (Å²) in [5.41, 5.74) is 3.64. The van der Waals surface area contributed by atoms with Gasteiger partial charge in [-0.25, -0.2) is 0 Å². The van der Waals surface area contributed by atoms with Crippen LogP contribution in [-0.4, -0.2) is 16.7 Å². The highest BCUT2D eigenvalue weighted by Gasteiger charge is 2.03. The van der Waals surface area contributed by atoms with Gasteiger partial charge >= 0.3 is 0 Å². The molecule has 0 saturated heterocycles. The maximum Gasteiger partial charge on any atom is 0.0991 e. The fourth-order valence-electron chi connectivity index (χ4n) is 2.35. The number of fused-ring (bicyclic) bond motifs is 1. The molecule has 1 N–H and O–H groups in total. The maximum absolute atomic E-state index is 8.99. The summed E-state index contributed by atoms with van der Waals surface area (Å²) in [5, 5.41) is 20.0. The van der Waals surface area contributed by atoms with E-state index in [1.54, 1.807) is 12.1 Å². The Bertz CT molecular complexity index is 817. The minimum atomic E-state index is 0.155. The third-order valence-electron chi connectivity index (χ3n) is 3.50. The number of aliphatic hydroxyl groups excluding tert-OH is 1. The molecule has 0 unspecified atom stereocenters. The van der Waals surface area contributed by atoms with Gasteiger partial charge < -0.3 is 5.11 Å². The van der Waals surface area contributed by atoms with Gasteiger partial charge in [-0.2, -0.15) is 5.26 Å². The van der Waals surface area contributed by atoms with E-state index in [0.29, 0.717) is 12.0 Å². The second-order valence-electron chi connectivity index (χ2n) is 4.91. The van der Waals surface area contributed by atoms with Crippen LogP contribution in [0, 0.1) is 11.3 Å². The number of benzene rings is 2. The Morgan fingerprint density at radius 3 is 2.52 bits per heavy atom. The average Bonchev–Trinajstić information content (AvgIpc) is 2.55. The summed E-state index contributed by atoms with van der Waals surface area (Å²) in [6, 6.07) is 17.7. The van der Waals surface area contributed by atoms with Crippen molar-refractivity contribution in [3.63, 3.8) is 0 Å². The van der Waals surface area contributed by atoms with Crippen molar-refractivity contribution >= 4 is 10.8 Å². The van der Waals surface area contributed by atoms with Crippen LogP contribution in [0.1, 0.15) is 11.1 Å². The van der Waals surface area contributed by atoms with E-state index in [1.165, 1.54) is 0 Å². The van der Waals surface area contributed by atoms with E-state index < -0.39 is 0 Å². The molecule has 102 valence electrons. The molecule has 3 nitrogen and oxygen atoms in total. The standard InChI is InChI=1S/C18H14N2O/c19-11-14-2-4-15(5-3-14)18-10-16-6-1-13(7-8-21)9-17(16)12-20-18/h1-6,9-10,12,21H,7-8H2. The monoisotopic (exact) mass is 274 g/mol. The molecule has 3 aromatic rings. The van der Waals surface area contributed by atoms with Gasteiger partial charge in [-0.1, -0.05) is 24.3 Å². The van der Waals surface area contributed by atoms with Gasteiger partial charge in [-0.15, -0.1) is 0 Å². The van der Waals surface area contributed by atoms with Crippen LogP contribution in [0.2, 0.25) is 0 Å². The van der Waals surface area contributed by atoms with E-state index in [1.807, 2.05) is 30.5 Å². The van der Waals surface area contributed by atoms with Crippen molar-refractivity contribution in [2.24, 2.45) is 0 Å². The molecule has 1 heterocycles. The number of hydrogen-bond acceptors (Lipinski definition) is 3.